The molecule has 0 fully saturated rings. The molecule has 0 spiro atoms. The predicted molar refractivity (Wildman–Crippen MR) is 136 cm³/mol. The summed E-state index contributed by atoms with van der Waals surface area (Å²) in [6.45, 7) is 4.09. The van der Waals surface area contributed by atoms with Crippen LogP contribution in [-0.4, -0.2) is 5.91 Å². The third kappa shape index (κ3) is 6.17. The molecule has 0 aliphatic heterocycles. The van der Waals surface area contributed by atoms with Gasteiger partial charge in [0.05, 0.1) is 8.04 Å². The fourth-order valence-corrected chi connectivity index (χ4v) is 4.81. The van der Waals surface area contributed by atoms with E-state index in [9.17, 15) is 14.4 Å². The molecule has 0 radical (unpaired) electrons. The number of anilines is 1. The average molecular weight is 605 g/mol. The number of nitrogens with one attached hydrogen (secondary N) is 1. The zero-order valence-electron chi connectivity index (χ0n) is 17.4. The Labute approximate surface area is 208 Å². The number of nitriles is 1. The zero-order chi connectivity index (χ0) is 23.3. The van der Waals surface area contributed by atoms with Gasteiger partial charge in [-0.25, -0.2) is 4.39 Å². The summed E-state index contributed by atoms with van der Waals surface area (Å²) in [5.74, 6) is -0.189. The zero-order valence-corrected chi connectivity index (χ0v) is 21.1. The first-order chi connectivity index (χ1) is 15.3. The minimum atomic E-state index is -0.475. The van der Waals surface area contributed by atoms with Crippen LogP contribution >= 0.6 is 38.5 Å². The van der Waals surface area contributed by atoms with Crippen molar-refractivity contribution in [3.63, 3.8) is 0 Å². The number of aryl methyl sites for hydroxylation is 2. The van der Waals surface area contributed by atoms with Gasteiger partial charge in [-0.2, -0.15) is 5.26 Å². The van der Waals surface area contributed by atoms with E-state index in [2.05, 4.69) is 43.8 Å². The van der Waals surface area contributed by atoms with Crippen LogP contribution in [0.25, 0.3) is 6.08 Å². The van der Waals surface area contributed by atoms with Gasteiger partial charge in [0.2, 0.25) is 0 Å². The molecule has 0 saturated carbocycles. The van der Waals surface area contributed by atoms with Crippen LogP contribution in [0.4, 0.5) is 10.1 Å². The van der Waals surface area contributed by atoms with Crippen LogP contribution in [0.2, 0.25) is 0 Å². The van der Waals surface area contributed by atoms with E-state index >= 15 is 0 Å². The molecule has 162 valence electrons. The number of carbonyl (C=O) groups is 1. The molecule has 1 N–H and O–H groups in total. The number of nitrogens with zero attached hydrogens (tertiary/aromatic N) is 1. The lowest BCUT2D eigenvalue weighted by molar-refractivity contribution is -0.112. The van der Waals surface area contributed by atoms with Crippen LogP contribution in [0.1, 0.15) is 22.3 Å². The summed E-state index contributed by atoms with van der Waals surface area (Å²) >= 11 is 5.61. The van der Waals surface area contributed by atoms with Gasteiger partial charge in [-0.3, -0.25) is 4.79 Å². The number of benzene rings is 3. The molecule has 0 aliphatic carbocycles. The highest BCUT2D eigenvalue weighted by molar-refractivity contribution is 14.1. The van der Waals surface area contributed by atoms with Gasteiger partial charge in [0.1, 0.15) is 29.8 Å². The van der Waals surface area contributed by atoms with E-state index in [-0.39, 0.29) is 18.0 Å². The number of hydrogen-bond acceptors (Lipinski definition) is 3. The largest absolute Gasteiger partial charge is 0.487 e. The summed E-state index contributed by atoms with van der Waals surface area (Å²) in [5.41, 5.74) is 4.06. The predicted octanol–water partition coefficient (Wildman–Crippen LogP) is 6.93. The van der Waals surface area contributed by atoms with E-state index in [0.29, 0.717) is 27.0 Å². The molecule has 4 nitrogen and oxygen atoms in total. The third-order valence-electron chi connectivity index (χ3n) is 4.60. The first-order valence-corrected chi connectivity index (χ1v) is 11.5. The molecule has 0 aromatic heterocycles. The Morgan fingerprint density at radius 3 is 2.66 bits per heavy atom. The molecule has 32 heavy (non-hydrogen) atoms. The Morgan fingerprint density at radius 1 is 1.22 bits per heavy atom. The SMILES string of the molecule is Cc1ccc(NC(=O)/C(C#N)=C/c2cc(Br)c(OCc3cccc(F)c3)c(I)c2)c(C)c1. The van der Waals surface area contributed by atoms with Crippen LogP contribution in [0, 0.1) is 34.6 Å². The molecular formula is C25H19BrFIN2O2. The normalized spacial score (nSPS) is 11.1. The molecule has 3 rings (SSSR count). The van der Waals surface area contributed by atoms with E-state index in [4.69, 9.17) is 4.74 Å². The Kier molecular flexibility index (Phi) is 8.04. The van der Waals surface area contributed by atoms with Gasteiger partial charge in [-0.15, -0.1) is 0 Å². The molecule has 0 unspecified atom stereocenters. The standard InChI is InChI=1S/C25H19BrFIN2O2/c1-15-6-7-23(16(2)8-15)30-25(31)19(13-29)9-18-11-21(26)24(22(28)12-18)32-14-17-4-3-5-20(27)10-17/h3-12H,14H2,1-2H3,(H,30,31)/b19-9+. The molecule has 7 heteroatoms. The maximum atomic E-state index is 13.4. The summed E-state index contributed by atoms with van der Waals surface area (Å²) in [4.78, 5) is 12.6. The van der Waals surface area contributed by atoms with E-state index in [1.165, 1.54) is 18.2 Å². The molecule has 0 heterocycles. The summed E-state index contributed by atoms with van der Waals surface area (Å²) < 4.78 is 20.7. The minimum Gasteiger partial charge on any atom is -0.487 e. The van der Waals surface area contributed by atoms with E-state index < -0.39 is 5.91 Å². The molecule has 0 bridgehead atoms. The van der Waals surface area contributed by atoms with Gasteiger partial charge in [0, 0.05) is 5.69 Å². The Balaban J connectivity index is 1.78. The van der Waals surface area contributed by atoms with Gasteiger partial charge >= 0.3 is 0 Å². The van der Waals surface area contributed by atoms with Crippen molar-refractivity contribution in [1.82, 2.24) is 0 Å². The lowest BCUT2D eigenvalue weighted by atomic mass is 10.1. The Bertz CT molecular complexity index is 1230. The molecular weight excluding hydrogens is 586 g/mol. The van der Waals surface area contributed by atoms with Gasteiger partial charge < -0.3 is 10.1 Å². The molecule has 0 atom stereocenters. The van der Waals surface area contributed by atoms with Crippen molar-refractivity contribution in [2.75, 3.05) is 5.32 Å². The average Bonchev–Trinajstić information content (AvgIpc) is 2.73. The van der Waals surface area contributed by atoms with Gasteiger partial charge in [0.15, 0.2) is 0 Å². The molecule has 3 aromatic carbocycles. The van der Waals surface area contributed by atoms with Crippen molar-refractivity contribution >= 4 is 56.2 Å². The van der Waals surface area contributed by atoms with Gasteiger partial charge in [-0.1, -0.05) is 29.8 Å². The molecule has 1 amide bonds. The number of ether oxygens (including phenoxy) is 1. The van der Waals surface area contributed by atoms with Crippen molar-refractivity contribution in [2.45, 2.75) is 20.5 Å². The molecule has 3 aromatic rings. The third-order valence-corrected chi connectivity index (χ3v) is 5.99. The van der Waals surface area contributed by atoms with Gasteiger partial charge in [0.25, 0.3) is 5.91 Å². The highest BCUT2D eigenvalue weighted by Gasteiger charge is 2.14. The summed E-state index contributed by atoms with van der Waals surface area (Å²) in [6, 6.07) is 17.5. The minimum absolute atomic E-state index is 0.0129. The fourth-order valence-electron chi connectivity index (χ4n) is 3.04. The van der Waals surface area contributed by atoms with Crippen molar-refractivity contribution in [3.05, 3.63) is 96.3 Å². The molecule has 0 aliphatic rings. The first kappa shape index (κ1) is 24.0. The number of halogens is 3. The Hall–Kier alpha value is -2.70. The lowest BCUT2D eigenvalue weighted by Crippen LogP contribution is -2.14. The smallest absolute Gasteiger partial charge is 0.266 e. The highest BCUT2D eigenvalue weighted by atomic mass is 127. The maximum absolute atomic E-state index is 13.4. The number of amides is 1. The second-order valence-electron chi connectivity index (χ2n) is 7.17. The summed E-state index contributed by atoms with van der Waals surface area (Å²) in [6.07, 6.45) is 1.53. The maximum Gasteiger partial charge on any atom is 0.266 e. The van der Waals surface area contributed by atoms with Gasteiger partial charge in [-0.05, 0) is 105 Å². The highest BCUT2D eigenvalue weighted by Crippen LogP contribution is 2.33. The Morgan fingerprint density at radius 2 is 2.00 bits per heavy atom. The van der Waals surface area contributed by atoms with Crippen molar-refractivity contribution < 1.29 is 13.9 Å². The van der Waals surface area contributed by atoms with Crippen LogP contribution in [0.5, 0.6) is 5.75 Å². The monoisotopic (exact) mass is 604 g/mol. The van der Waals surface area contributed by atoms with Crippen LogP contribution < -0.4 is 10.1 Å². The second-order valence-corrected chi connectivity index (χ2v) is 9.19. The van der Waals surface area contributed by atoms with Crippen LogP contribution in [0.3, 0.4) is 0 Å². The van der Waals surface area contributed by atoms with E-state index in [1.807, 2.05) is 44.2 Å². The second kappa shape index (κ2) is 10.7. The van der Waals surface area contributed by atoms with Crippen molar-refractivity contribution in [1.29, 1.82) is 5.26 Å². The van der Waals surface area contributed by atoms with E-state index in [1.54, 1.807) is 18.2 Å². The summed E-state index contributed by atoms with van der Waals surface area (Å²) in [7, 11) is 0. The first-order valence-electron chi connectivity index (χ1n) is 9.63. The molecule has 0 saturated heterocycles. The van der Waals surface area contributed by atoms with Crippen molar-refractivity contribution in [3.8, 4) is 11.8 Å². The summed E-state index contributed by atoms with van der Waals surface area (Å²) in [5, 5.41) is 12.3. The number of hydrogen-bond donors (Lipinski definition) is 1. The number of rotatable bonds is 6. The lowest BCUT2D eigenvalue weighted by Gasteiger charge is -2.12. The van der Waals surface area contributed by atoms with E-state index in [0.717, 1.165) is 14.7 Å². The number of carbonyl (C=O) groups excluding carboxylic acids is 1. The van der Waals surface area contributed by atoms with Crippen LogP contribution in [0.15, 0.2) is 64.6 Å². The van der Waals surface area contributed by atoms with Crippen LogP contribution in [-0.2, 0) is 11.4 Å². The quantitative estimate of drug-likeness (QED) is 0.188. The van der Waals surface area contributed by atoms with Crippen molar-refractivity contribution in [2.24, 2.45) is 0 Å². The topological polar surface area (TPSA) is 62.1 Å². The fraction of sp³-hybridized carbons (Fsp3) is 0.120.